The molecule has 0 aliphatic heterocycles. The molecule has 2 N–H and O–H groups in total. The van der Waals surface area contributed by atoms with Crippen LogP contribution in [0.15, 0.2) is 34.5 Å². The summed E-state index contributed by atoms with van der Waals surface area (Å²) >= 11 is 1.30. The molecule has 1 amide bonds. The number of hydrogen-bond donors (Lipinski definition) is 1. The lowest BCUT2D eigenvalue weighted by molar-refractivity contribution is 0.0997. The molecule has 0 fully saturated rings. The van der Waals surface area contributed by atoms with Gasteiger partial charge in [0.05, 0.1) is 16.2 Å². The predicted octanol–water partition coefficient (Wildman–Crippen LogP) is 1.78. The van der Waals surface area contributed by atoms with Crippen molar-refractivity contribution in [2.24, 2.45) is 5.73 Å². The normalized spacial score (nSPS) is 11.4. The zero-order valence-electron chi connectivity index (χ0n) is 10.9. The molecular formula is C13H14N2O3S2. The van der Waals surface area contributed by atoms with E-state index in [-0.39, 0.29) is 16.2 Å². The number of rotatable bonds is 5. The summed E-state index contributed by atoms with van der Waals surface area (Å²) in [5, 5.41) is 2.35. The summed E-state index contributed by atoms with van der Waals surface area (Å²) in [6.07, 6.45) is 0.758. The Morgan fingerprint density at radius 1 is 1.35 bits per heavy atom. The van der Waals surface area contributed by atoms with E-state index in [1.54, 1.807) is 12.1 Å². The topological polar surface area (TPSA) is 90.1 Å². The zero-order chi connectivity index (χ0) is 14.8. The molecule has 0 aliphatic carbocycles. The van der Waals surface area contributed by atoms with Crippen molar-refractivity contribution in [1.82, 2.24) is 4.98 Å². The van der Waals surface area contributed by atoms with Gasteiger partial charge in [-0.1, -0.05) is 19.1 Å². The van der Waals surface area contributed by atoms with Gasteiger partial charge in [0.25, 0.3) is 0 Å². The molecule has 0 unspecified atom stereocenters. The van der Waals surface area contributed by atoms with Crippen molar-refractivity contribution < 1.29 is 13.2 Å². The number of aryl methyl sites for hydroxylation is 1. The van der Waals surface area contributed by atoms with Crippen LogP contribution in [0.25, 0.3) is 0 Å². The second-order valence-corrected chi connectivity index (χ2v) is 7.11. The molecule has 0 atom stereocenters. The highest BCUT2D eigenvalue weighted by Gasteiger charge is 2.22. The van der Waals surface area contributed by atoms with Crippen molar-refractivity contribution in [1.29, 1.82) is 0 Å². The first-order chi connectivity index (χ1) is 9.44. The average molecular weight is 310 g/mol. The molecule has 2 rings (SSSR count). The zero-order valence-corrected chi connectivity index (χ0v) is 12.5. The number of amides is 1. The lowest BCUT2D eigenvalue weighted by Gasteiger charge is -2.06. The molecule has 0 aliphatic rings. The van der Waals surface area contributed by atoms with Gasteiger partial charge in [-0.3, -0.25) is 4.79 Å². The molecule has 5 nitrogen and oxygen atoms in total. The highest BCUT2D eigenvalue weighted by molar-refractivity contribution is 7.90. The second-order valence-electron chi connectivity index (χ2n) is 4.21. The predicted molar refractivity (Wildman–Crippen MR) is 77.3 cm³/mol. The molecular weight excluding hydrogens is 296 g/mol. The Morgan fingerprint density at radius 3 is 2.65 bits per heavy atom. The number of carbonyl (C=O) groups excluding carboxylic acids is 1. The Hall–Kier alpha value is -1.73. The number of carbonyl (C=O) groups is 1. The average Bonchev–Trinajstić information content (AvgIpc) is 2.85. The summed E-state index contributed by atoms with van der Waals surface area (Å²) < 4.78 is 24.8. The number of sulfone groups is 1. The van der Waals surface area contributed by atoms with Gasteiger partial charge in [-0.2, -0.15) is 0 Å². The number of aromatic nitrogens is 1. The first-order valence-electron chi connectivity index (χ1n) is 5.99. The third-order valence-electron chi connectivity index (χ3n) is 2.76. The summed E-state index contributed by atoms with van der Waals surface area (Å²) in [6, 6.07) is 5.95. The third-order valence-corrected chi connectivity index (χ3v) is 5.52. The van der Waals surface area contributed by atoms with Crippen molar-refractivity contribution >= 4 is 27.1 Å². The van der Waals surface area contributed by atoms with E-state index >= 15 is 0 Å². The van der Waals surface area contributed by atoms with Crippen LogP contribution in [0.1, 0.15) is 28.0 Å². The number of thiazole rings is 1. The molecule has 1 aromatic carbocycles. The molecule has 20 heavy (non-hydrogen) atoms. The third kappa shape index (κ3) is 3.05. The summed E-state index contributed by atoms with van der Waals surface area (Å²) in [5.74, 6) is -0.973. The van der Waals surface area contributed by atoms with Gasteiger partial charge >= 0.3 is 0 Å². The Kier molecular flexibility index (Phi) is 4.20. The SMILES string of the molecule is CCc1csc(CS(=O)(=O)c2ccccc2C(N)=O)n1. The summed E-state index contributed by atoms with van der Waals surface area (Å²) in [6.45, 7) is 1.95. The Balaban J connectivity index is 2.38. The van der Waals surface area contributed by atoms with E-state index in [1.807, 2.05) is 12.3 Å². The molecule has 1 aromatic heterocycles. The highest BCUT2D eigenvalue weighted by atomic mass is 32.2. The standard InChI is InChI=1S/C13H14N2O3S2/c1-2-9-7-19-12(15-9)8-20(17,18)11-6-4-3-5-10(11)13(14)16/h3-7H,2,8H2,1H3,(H2,14,16). The van der Waals surface area contributed by atoms with E-state index in [2.05, 4.69) is 4.98 Å². The fourth-order valence-electron chi connectivity index (χ4n) is 1.76. The molecule has 106 valence electrons. The van der Waals surface area contributed by atoms with Crippen LogP contribution >= 0.6 is 11.3 Å². The fraction of sp³-hybridized carbons (Fsp3) is 0.231. The molecule has 0 spiro atoms. The lowest BCUT2D eigenvalue weighted by Crippen LogP contribution is -2.17. The summed E-state index contributed by atoms with van der Waals surface area (Å²) in [7, 11) is -3.64. The lowest BCUT2D eigenvalue weighted by atomic mass is 10.2. The smallest absolute Gasteiger partial charge is 0.250 e. The maximum atomic E-state index is 12.4. The van der Waals surface area contributed by atoms with E-state index in [1.165, 1.54) is 23.5 Å². The van der Waals surface area contributed by atoms with Gasteiger partial charge in [0, 0.05) is 5.38 Å². The van der Waals surface area contributed by atoms with Crippen LogP contribution < -0.4 is 5.73 Å². The molecule has 2 aromatic rings. The second kappa shape index (κ2) is 5.72. The summed E-state index contributed by atoms with van der Waals surface area (Å²) in [4.78, 5) is 15.5. The van der Waals surface area contributed by atoms with Gasteiger partial charge in [0.1, 0.15) is 10.8 Å². The largest absolute Gasteiger partial charge is 0.366 e. The van der Waals surface area contributed by atoms with Crippen LogP contribution in [0, 0.1) is 0 Å². The minimum Gasteiger partial charge on any atom is -0.366 e. The van der Waals surface area contributed by atoms with E-state index in [0.717, 1.165) is 12.1 Å². The van der Waals surface area contributed by atoms with E-state index < -0.39 is 15.7 Å². The number of benzene rings is 1. The minimum atomic E-state index is -3.64. The van der Waals surface area contributed by atoms with Crippen LogP contribution in [0.2, 0.25) is 0 Å². The van der Waals surface area contributed by atoms with Crippen LogP contribution in [-0.2, 0) is 22.0 Å². The van der Waals surface area contributed by atoms with Gasteiger partial charge < -0.3 is 5.73 Å². The first kappa shape index (κ1) is 14.7. The van der Waals surface area contributed by atoms with Crippen molar-refractivity contribution in [3.05, 3.63) is 45.9 Å². The van der Waals surface area contributed by atoms with Crippen LogP contribution in [0.5, 0.6) is 0 Å². The van der Waals surface area contributed by atoms with Crippen LogP contribution in [0.4, 0.5) is 0 Å². The van der Waals surface area contributed by atoms with Crippen LogP contribution in [0.3, 0.4) is 0 Å². The van der Waals surface area contributed by atoms with Crippen molar-refractivity contribution in [2.75, 3.05) is 0 Å². The molecule has 7 heteroatoms. The molecule has 0 radical (unpaired) electrons. The van der Waals surface area contributed by atoms with E-state index in [9.17, 15) is 13.2 Å². The van der Waals surface area contributed by atoms with Gasteiger partial charge in [0.15, 0.2) is 9.84 Å². The first-order valence-corrected chi connectivity index (χ1v) is 8.52. The maximum Gasteiger partial charge on any atom is 0.250 e. The summed E-state index contributed by atoms with van der Waals surface area (Å²) in [5.41, 5.74) is 6.09. The maximum absolute atomic E-state index is 12.4. The molecule has 0 saturated carbocycles. The minimum absolute atomic E-state index is 0.0137. The Labute approximate surface area is 121 Å². The van der Waals surface area contributed by atoms with Gasteiger partial charge in [0.2, 0.25) is 5.91 Å². The number of primary amides is 1. The fourth-order valence-corrected chi connectivity index (χ4v) is 4.49. The van der Waals surface area contributed by atoms with Crippen molar-refractivity contribution in [3.63, 3.8) is 0 Å². The van der Waals surface area contributed by atoms with Gasteiger partial charge in [-0.05, 0) is 18.6 Å². The molecule has 0 saturated heterocycles. The number of hydrogen-bond acceptors (Lipinski definition) is 5. The molecule has 0 bridgehead atoms. The number of nitrogens with two attached hydrogens (primary N) is 1. The van der Waals surface area contributed by atoms with Crippen LogP contribution in [-0.4, -0.2) is 19.3 Å². The number of nitrogens with zero attached hydrogens (tertiary/aromatic N) is 1. The Morgan fingerprint density at radius 2 is 2.05 bits per heavy atom. The monoisotopic (exact) mass is 310 g/mol. The van der Waals surface area contributed by atoms with Crippen molar-refractivity contribution in [2.45, 2.75) is 24.0 Å². The van der Waals surface area contributed by atoms with Gasteiger partial charge in [-0.25, -0.2) is 13.4 Å². The highest BCUT2D eigenvalue weighted by Crippen LogP contribution is 2.22. The van der Waals surface area contributed by atoms with Gasteiger partial charge in [-0.15, -0.1) is 11.3 Å². The van der Waals surface area contributed by atoms with E-state index in [4.69, 9.17) is 5.73 Å². The van der Waals surface area contributed by atoms with E-state index in [0.29, 0.717) is 5.01 Å². The quantitative estimate of drug-likeness (QED) is 0.911. The molecule has 1 heterocycles. The van der Waals surface area contributed by atoms with Crippen molar-refractivity contribution in [3.8, 4) is 0 Å². The Bertz CT molecular complexity index is 736.